The number of ether oxygens (including phenoxy) is 1. The Bertz CT molecular complexity index is 205. The van der Waals surface area contributed by atoms with Crippen LogP contribution in [0, 0.1) is 0 Å². The van der Waals surface area contributed by atoms with E-state index in [4.69, 9.17) is 4.74 Å². The third-order valence-corrected chi connectivity index (χ3v) is 2.20. The van der Waals surface area contributed by atoms with Crippen molar-refractivity contribution in [3.8, 4) is 0 Å². The molecule has 0 aromatic carbocycles. The van der Waals surface area contributed by atoms with Crippen molar-refractivity contribution >= 4 is 5.97 Å². The highest BCUT2D eigenvalue weighted by molar-refractivity contribution is 5.76. The molecule has 0 saturated carbocycles. The molecule has 0 radical (unpaired) electrons. The molecule has 1 saturated heterocycles. The molecule has 74 valence electrons. The van der Waals surface area contributed by atoms with Crippen LogP contribution >= 0.6 is 0 Å². The summed E-state index contributed by atoms with van der Waals surface area (Å²) >= 11 is 0. The van der Waals surface area contributed by atoms with Crippen LogP contribution in [0.1, 0.15) is 26.7 Å². The van der Waals surface area contributed by atoms with Gasteiger partial charge in [0.15, 0.2) is 0 Å². The quantitative estimate of drug-likeness (QED) is 0.528. The first-order valence-corrected chi connectivity index (χ1v) is 4.65. The third-order valence-electron chi connectivity index (χ3n) is 2.20. The highest BCUT2D eigenvalue weighted by atomic mass is 16.6. The second-order valence-corrected chi connectivity index (χ2v) is 3.88. The van der Waals surface area contributed by atoms with Crippen molar-refractivity contribution in [1.29, 1.82) is 0 Å². The Hall–Kier alpha value is -0.830. The molecule has 1 N–H and O–H groups in total. The van der Waals surface area contributed by atoms with Crippen LogP contribution in [0.5, 0.6) is 0 Å². The van der Waals surface area contributed by atoms with Gasteiger partial charge >= 0.3 is 5.97 Å². The molecule has 0 bridgehead atoms. The van der Waals surface area contributed by atoms with Crippen molar-refractivity contribution in [2.24, 2.45) is 0 Å². The smallest absolute Gasteiger partial charge is 0.323 e. The van der Waals surface area contributed by atoms with Gasteiger partial charge in [0.25, 0.3) is 0 Å². The maximum atomic E-state index is 11.5. The van der Waals surface area contributed by atoms with Crippen LogP contribution in [0.4, 0.5) is 0 Å². The second-order valence-electron chi connectivity index (χ2n) is 3.88. The molecule has 1 aliphatic rings. The molecule has 0 unspecified atom stereocenters. The molecule has 0 spiro atoms. The van der Waals surface area contributed by atoms with Crippen LogP contribution in [0.15, 0.2) is 12.7 Å². The predicted octanol–water partition coefficient (Wildman–Crippen LogP) is 1.25. The van der Waals surface area contributed by atoms with Crippen LogP contribution in [0.25, 0.3) is 0 Å². The Morgan fingerprint density at radius 2 is 2.38 bits per heavy atom. The van der Waals surface area contributed by atoms with Crippen molar-refractivity contribution in [1.82, 2.24) is 5.32 Å². The topological polar surface area (TPSA) is 38.3 Å². The number of carbonyl (C=O) groups excluding carboxylic acids is 1. The third kappa shape index (κ3) is 2.84. The molecule has 1 fully saturated rings. The summed E-state index contributed by atoms with van der Waals surface area (Å²) in [6.45, 7) is 8.18. The summed E-state index contributed by atoms with van der Waals surface area (Å²) in [5.74, 6) is -0.164. The maximum Gasteiger partial charge on any atom is 0.323 e. The zero-order valence-corrected chi connectivity index (χ0v) is 8.30. The van der Waals surface area contributed by atoms with Crippen LogP contribution in [0.3, 0.4) is 0 Å². The summed E-state index contributed by atoms with van der Waals surface area (Å²) in [5, 5.41) is 3.09. The summed E-state index contributed by atoms with van der Waals surface area (Å²) in [5.41, 5.74) is -0.554. The molecular formula is C10H17NO2. The van der Waals surface area contributed by atoms with Crippen molar-refractivity contribution in [2.75, 3.05) is 6.54 Å². The standard InChI is InChI=1S/C10H17NO2/c1-4-10(2,3)13-9(12)8-6-5-7-11-8/h4,8,11H,1,5-7H2,2-3H3/t8-/m0/s1. The molecule has 0 aliphatic carbocycles. The van der Waals surface area contributed by atoms with Gasteiger partial charge in [0.1, 0.15) is 11.6 Å². The van der Waals surface area contributed by atoms with Crippen molar-refractivity contribution in [3.05, 3.63) is 12.7 Å². The molecule has 1 rings (SSSR count). The fraction of sp³-hybridized carbons (Fsp3) is 0.700. The molecule has 1 heterocycles. The highest BCUT2D eigenvalue weighted by Crippen LogP contribution is 2.14. The lowest BCUT2D eigenvalue weighted by molar-refractivity contribution is -0.154. The summed E-state index contributed by atoms with van der Waals surface area (Å²) in [6.07, 6.45) is 3.57. The van der Waals surface area contributed by atoms with Crippen LogP contribution in [-0.2, 0) is 9.53 Å². The van der Waals surface area contributed by atoms with Gasteiger partial charge in [-0.15, -0.1) is 0 Å². The highest BCUT2D eigenvalue weighted by Gasteiger charge is 2.27. The van der Waals surface area contributed by atoms with E-state index >= 15 is 0 Å². The first kappa shape index (κ1) is 10.3. The summed E-state index contributed by atoms with van der Waals surface area (Å²) in [7, 11) is 0. The number of hydrogen-bond donors (Lipinski definition) is 1. The van der Waals surface area contributed by atoms with Gasteiger partial charge in [-0.2, -0.15) is 0 Å². The molecule has 3 nitrogen and oxygen atoms in total. The Kier molecular flexibility index (Phi) is 3.09. The Balaban J connectivity index is 2.44. The van der Waals surface area contributed by atoms with Gasteiger partial charge in [0.2, 0.25) is 0 Å². The number of hydrogen-bond acceptors (Lipinski definition) is 3. The van der Waals surface area contributed by atoms with Gasteiger partial charge in [-0.05, 0) is 39.3 Å². The lowest BCUT2D eigenvalue weighted by atomic mass is 10.1. The van der Waals surface area contributed by atoms with E-state index in [0.29, 0.717) is 0 Å². The molecule has 0 aromatic heterocycles. The van der Waals surface area contributed by atoms with Gasteiger partial charge in [-0.1, -0.05) is 6.58 Å². The summed E-state index contributed by atoms with van der Waals surface area (Å²) in [4.78, 5) is 11.5. The normalized spacial score (nSPS) is 22.8. The monoisotopic (exact) mass is 183 g/mol. The van der Waals surface area contributed by atoms with Gasteiger partial charge in [-0.25, -0.2) is 0 Å². The van der Waals surface area contributed by atoms with Gasteiger partial charge < -0.3 is 10.1 Å². The molecule has 3 heteroatoms. The van der Waals surface area contributed by atoms with E-state index in [1.807, 2.05) is 13.8 Å². The zero-order valence-electron chi connectivity index (χ0n) is 8.30. The number of nitrogens with one attached hydrogen (secondary N) is 1. The minimum absolute atomic E-state index is 0.112. The van der Waals surface area contributed by atoms with Crippen LogP contribution < -0.4 is 5.32 Å². The molecule has 1 atom stereocenters. The minimum Gasteiger partial charge on any atom is -0.454 e. The SMILES string of the molecule is C=CC(C)(C)OC(=O)[C@@H]1CCCN1. The van der Waals surface area contributed by atoms with E-state index < -0.39 is 5.60 Å². The van der Waals surface area contributed by atoms with Gasteiger partial charge in [0.05, 0.1) is 0 Å². The first-order valence-electron chi connectivity index (χ1n) is 4.65. The van der Waals surface area contributed by atoms with Gasteiger partial charge in [-0.3, -0.25) is 4.79 Å². The Morgan fingerprint density at radius 1 is 1.69 bits per heavy atom. The minimum atomic E-state index is -0.554. The molecule has 0 aromatic rings. The molecule has 1 aliphatic heterocycles. The second kappa shape index (κ2) is 3.92. The van der Waals surface area contributed by atoms with E-state index in [2.05, 4.69) is 11.9 Å². The van der Waals surface area contributed by atoms with E-state index in [1.165, 1.54) is 0 Å². The average Bonchev–Trinajstić information content (AvgIpc) is 2.55. The fourth-order valence-corrected chi connectivity index (χ4v) is 1.26. The van der Waals surface area contributed by atoms with Crippen molar-refractivity contribution < 1.29 is 9.53 Å². The fourth-order valence-electron chi connectivity index (χ4n) is 1.26. The molecular weight excluding hydrogens is 166 g/mol. The number of rotatable bonds is 3. The van der Waals surface area contributed by atoms with Crippen LogP contribution in [0.2, 0.25) is 0 Å². The molecule has 13 heavy (non-hydrogen) atoms. The van der Waals surface area contributed by atoms with Crippen molar-refractivity contribution in [3.63, 3.8) is 0 Å². The van der Waals surface area contributed by atoms with E-state index in [1.54, 1.807) is 6.08 Å². The lowest BCUT2D eigenvalue weighted by Gasteiger charge is -2.22. The number of carbonyl (C=O) groups is 1. The number of esters is 1. The van der Waals surface area contributed by atoms with E-state index in [0.717, 1.165) is 19.4 Å². The maximum absolute atomic E-state index is 11.5. The Morgan fingerprint density at radius 3 is 2.85 bits per heavy atom. The zero-order chi connectivity index (χ0) is 9.90. The first-order chi connectivity index (χ1) is 6.05. The van der Waals surface area contributed by atoms with Crippen molar-refractivity contribution in [2.45, 2.75) is 38.3 Å². The lowest BCUT2D eigenvalue weighted by Crippen LogP contribution is -2.37. The predicted molar refractivity (Wildman–Crippen MR) is 51.4 cm³/mol. The summed E-state index contributed by atoms with van der Waals surface area (Å²) in [6, 6.07) is -0.112. The van der Waals surface area contributed by atoms with E-state index in [9.17, 15) is 4.79 Å². The average molecular weight is 183 g/mol. The summed E-state index contributed by atoms with van der Waals surface area (Å²) < 4.78 is 5.25. The van der Waals surface area contributed by atoms with Gasteiger partial charge in [0, 0.05) is 0 Å². The van der Waals surface area contributed by atoms with Crippen LogP contribution in [-0.4, -0.2) is 24.2 Å². The Labute approximate surface area is 79.2 Å². The largest absolute Gasteiger partial charge is 0.454 e. The molecule has 0 amide bonds. The van der Waals surface area contributed by atoms with E-state index in [-0.39, 0.29) is 12.0 Å².